The highest BCUT2D eigenvalue weighted by atomic mass is 79.9. The highest BCUT2D eigenvalue weighted by Gasteiger charge is 2.76. The van der Waals surface area contributed by atoms with Crippen molar-refractivity contribution in [3.63, 3.8) is 0 Å². The molecule has 2 bridgehead atoms. The summed E-state index contributed by atoms with van der Waals surface area (Å²) in [6, 6.07) is 13.3. The van der Waals surface area contributed by atoms with Crippen molar-refractivity contribution < 1.29 is 19.5 Å². The number of carbonyl (C=O) groups excluding carboxylic acids is 3. The number of nitrogens with zero attached hydrogens (tertiary/aromatic N) is 3. The molecule has 3 aliphatic heterocycles. The quantitative estimate of drug-likeness (QED) is 0.166. The van der Waals surface area contributed by atoms with Crippen molar-refractivity contribution in [1.29, 1.82) is 0 Å². The number of halogens is 1. The number of benzene rings is 2. The van der Waals surface area contributed by atoms with Crippen LogP contribution in [-0.4, -0.2) is 86.3 Å². The molecule has 3 fully saturated rings. The van der Waals surface area contributed by atoms with Crippen LogP contribution in [0.2, 0.25) is 0 Å². The topological polar surface area (TPSA) is 81.2 Å². The number of fused-ring (bicyclic) bond motifs is 2. The molecule has 0 radical (unpaired) electrons. The first kappa shape index (κ1) is 31.8. The number of thioether (sulfide) groups is 1. The predicted octanol–water partition coefficient (Wildman–Crippen LogP) is 5.41. The zero-order valence-corrected chi connectivity index (χ0v) is 27.3. The van der Waals surface area contributed by atoms with Gasteiger partial charge >= 0.3 is 0 Å². The Labute approximate surface area is 267 Å². The average Bonchev–Trinajstić information content (AvgIpc) is 3.60. The predicted molar refractivity (Wildman–Crippen MR) is 178 cm³/mol. The lowest BCUT2D eigenvalue weighted by molar-refractivity contribution is -0.143. The standard InChI is InChI=1S/C34H42BrN3O4S/c1-4-16-36(17-5-2)31(40)27-28-32(41)38(19-10-7-11-20-39)30(34(28)22-26(35)29(27)43-34)33(42)37(18-6-3)25-15-14-23-12-8-9-13-24(23)21-25/h4,6,8-9,12-15,21,26-30,39H,1,3,5,7,10-11,16-20,22H2,2H3/t26?,27-,28+,29-,30?,34?/m1/s1. The molecule has 3 aliphatic rings. The van der Waals surface area contributed by atoms with Gasteiger partial charge in [-0.3, -0.25) is 14.4 Å². The van der Waals surface area contributed by atoms with Crippen molar-refractivity contribution in [3.05, 3.63) is 67.8 Å². The van der Waals surface area contributed by atoms with E-state index in [9.17, 15) is 19.5 Å². The molecule has 1 N–H and O–H groups in total. The van der Waals surface area contributed by atoms with E-state index < -0.39 is 22.6 Å². The van der Waals surface area contributed by atoms with Crippen LogP contribution in [0.5, 0.6) is 0 Å². The molecule has 0 aliphatic carbocycles. The number of alkyl halides is 1. The maximum atomic E-state index is 14.9. The van der Waals surface area contributed by atoms with E-state index in [1.807, 2.05) is 54.3 Å². The number of hydrogen-bond acceptors (Lipinski definition) is 5. The minimum Gasteiger partial charge on any atom is -0.396 e. The molecule has 1 spiro atoms. The van der Waals surface area contributed by atoms with Gasteiger partial charge in [0.1, 0.15) is 6.04 Å². The third kappa shape index (κ3) is 5.69. The number of anilines is 1. The van der Waals surface area contributed by atoms with Crippen molar-refractivity contribution in [2.24, 2.45) is 11.8 Å². The van der Waals surface area contributed by atoms with Gasteiger partial charge in [0.25, 0.3) is 5.91 Å². The van der Waals surface area contributed by atoms with E-state index in [1.165, 1.54) is 0 Å². The third-order valence-electron chi connectivity index (χ3n) is 9.14. The maximum Gasteiger partial charge on any atom is 0.251 e. The zero-order chi connectivity index (χ0) is 30.7. The van der Waals surface area contributed by atoms with Gasteiger partial charge in [0.05, 0.1) is 16.6 Å². The van der Waals surface area contributed by atoms with Crippen molar-refractivity contribution in [2.75, 3.05) is 37.7 Å². The Hall–Kier alpha value is -2.62. The van der Waals surface area contributed by atoms with E-state index in [4.69, 9.17) is 0 Å². The lowest BCUT2D eigenvalue weighted by atomic mass is 9.70. The summed E-state index contributed by atoms with van der Waals surface area (Å²) in [5, 5.41) is 11.4. The molecule has 3 heterocycles. The molecule has 9 heteroatoms. The number of aliphatic hydroxyl groups excluding tert-OH is 1. The third-order valence-corrected chi connectivity index (χ3v) is 12.4. The van der Waals surface area contributed by atoms with Crippen LogP contribution in [0.15, 0.2) is 67.8 Å². The smallest absolute Gasteiger partial charge is 0.251 e. The van der Waals surface area contributed by atoms with Gasteiger partial charge < -0.3 is 19.8 Å². The summed E-state index contributed by atoms with van der Waals surface area (Å²) >= 11 is 5.55. The summed E-state index contributed by atoms with van der Waals surface area (Å²) in [6.45, 7) is 11.7. The SMILES string of the molecule is C=CCN(CCC)C(=O)[C@H]1[C@@H]2SC3(CC2Br)C(C(=O)N(CC=C)c2ccc4ccccc4c2)N(CCCCCO)C(=O)[C@H]13. The Morgan fingerprint density at radius 2 is 1.84 bits per heavy atom. The molecule has 230 valence electrons. The van der Waals surface area contributed by atoms with Crippen LogP contribution in [0, 0.1) is 11.8 Å². The second-order valence-corrected chi connectivity index (χ2v) is 14.5. The number of carbonyl (C=O) groups is 3. The Kier molecular flexibility index (Phi) is 10.0. The van der Waals surface area contributed by atoms with Crippen LogP contribution < -0.4 is 4.90 Å². The van der Waals surface area contributed by atoms with Gasteiger partial charge in [-0.15, -0.1) is 24.9 Å². The molecule has 3 unspecified atom stereocenters. The van der Waals surface area contributed by atoms with Gasteiger partial charge in [-0.2, -0.15) is 0 Å². The highest BCUT2D eigenvalue weighted by molar-refractivity contribution is 9.09. The van der Waals surface area contributed by atoms with Gasteiger partial charge in [0.2, 0.25) is 11.8 Å². The fourth-order valence-corrected chi connectivity index (χ4v) is 11.0. The van der Waals surface area contributed by atoms with Gasteiger partial charge in [-0.25, -0.2) is 0 Å². The summed E-state index contributed by atoms with van der Waals surface area (Å²) in [7, 11) is 0. The van der Waals surface area contributed by atoms with Gasteiger partial charge in [-0.05, 0) is 55.0 Å². The number of hydrogen-bond donors (Lipinski definition) is 1. The van der Waals surface area contributed by atoms with Crippen molar-refractivity contribution >= 4 is 61.9 Å². The number of likely N-dealkylation sites (tertiary alicyclic amines) is 1. The van der Waals surface area contributed by atoms with Gasteiger partial charge in [0.15, 0.2) is 0 Å². The molecule has 6 atom stereocenters. The van der Waals surface area contributed by atoms with E-state index in [2.05, 4.69) is 29.1 Å². The van der Waals surface area contributed by atoms with Crippen molar-refractivity contribution in [1.82, 2.24) is 9.80 Å². The molecule has 3 amide bonds. The fourth-order valence-electron chi connectivity index (χ4n) is 7.37. The summed E-state index contributed by atoms with van der Waals surface area (Å²) in [6.07, 6.45) is 6.99. The molecule has 3 saturated heterocycles. The average molecular weight is 669 g/mol. The second kappa shape index (κ2) is 13.6. The summed E-state index contributed by atoms with van der Waals surface area (Å²) in [5.41, 5.74) is 0.761. The Morgan fingerprint density at radius 1 is 1.09 bits per heavy atom. The van der Waals surface area contributed by atoms with Gasteiger partial charge in [-0.1, -0.05) is 65.3 Å². The van der Waals surface area contributed by atoms with Crippen LogP contribution in [0.3, 0.4) is 0 Å². The number of unbranched alkanes of at least 4 members (excludes halogenated alkanes) is 2. The van der Waals surface area contributed by atoms with Crippen LogP contribution in [0.4, 0.5) is 5.69 Å². The molecular weight excluding hydrogens is 626 g/mol. The van der Waals surface area contributed by atoms with E-state index in [0.29, 0.717) is 45.4 Å². The first-order valence-electron chi connectivity index (χ1n) is 15.4. The zero-order valence-electron chi connectivity index (χ0n) is 24.9. The van der Waals surface area contributed by atoms with Crippen LogP contribution in [0.25, 0.3) is 10.8 Å². The minimum absolute atomic E-state index is 0.0147. The minimum atomic E-state index is -0.716. The lowest BCUT2D eigenvalue weighted by Crippen LogP contribution is -2.56. The fraction of sp³-hybridized carbons (Fsp3) is 0.500. The molecule has 43 heavy (non-hydrogen) atoms. The largest absolute Gasteiger partial charge is 0.396 e. The molecule has 0 aromatic heterocycles. The van der Waals surface area contributed by atoms with Gasteiger partial charge in [0, 0.05) is 48.6 Å². The normalized spacial score (nSPS) is 27.4. The Bertz CT molecular complexity index is 1390. The van der Waals surface area contributed by atoms with Crippen LogP contribution in [-0.2, 0) is 14.4 Å². The molecular formula is C34H42BrN3O4S. The number of aliphatic hydroxyl groups is 1. The highest BCUT2D eigenvalue weighted by Crippen LogP contribution is 2.68. The van der Waals surface area contributed by atoms with E-state index in [0.717, 1.165) is 29.3 Å². The monoisotopic (exact) mass is 667 g/mol. The summed E-state index contributed by atoms with van der Waals surface area (Å²) in [4.78, 5) is 48.8. The molecule has 0 saturated carbocycles. The second-order valence-electron chi connectivity index (χ2n) is 11.8. The lowest BCUT2D eigenvalue weighted by Gasteiger charge is -2.38. The van der Waals surface area contributed by atoms with Crippen LogP contribution in [0.1, 0.15) is 39.0 Å². The first-order chi connectivity index (χ1) is 20.8. The molecule has 2 aromatic carbocycles. The van der Waals surface area contributed by atoms with E-state index >= 15 is 0 Å². The maximum absolute atomic E-state index is 14.9. The van der Waals surface area contributed by atoms with Crippen LogP contribution >= 0.6 is 27.7 Å². The summed E-state index contributed by atoms with van der Waals surface area (Å²) < 4.78 is -0.716. The first-order valence-corrected chi connectivity index (χ1v) is 17.2. The van der Waals surface area contributed by atoms with Crippen molar-refractivity contribution in [3.8, 4) is 0 Å². The Balaban J connectivity index is 1.56. The molecule has 7 nitrogen and oxygen atoms in total. The van der Waals surface area contributed by atoms with Crippen molar-refractivity contribution in [2.45, 2.75) is 59.9 Å². The Morgan fingerprint density at radius 3 is 2.53 bits per heavy atom. The number of amides is 3. The van der Waals surface area contributed by atoms with E-state index in [-0.39, 0.29) is 34.4 Å². The number of rotatable bonds is 14. The van der Waals surface area contributed by atoms with E-state index in [1.54, 1.807) is 33.7 Å². The summed E-state index contributed by atoms with van der Waals surface area (Å²) in [5.74, 6) is -1.32. The molecule has 5 rings (SSSR count). The molecule has 2 aromatic rings.